The van der Waals surface area contributed by atoms with Crippen molar-refractivity contribution in [2.45, 2.75) is 136 Å². The number of likely N-dealkylation sites (N-methyl/N-ethyl adjacent to an activating group) is 1. The number of nitrogens with zero attached hydrogens (tertiary/aromatic N) is 2. The van der Waals surface area contributed by atoms with Crippen molar-refractivity contribution >= 4 is 39.6 Å². The van der Waals surface area contributed by atoms with Gasteiger partial charge in [-0.1, -0.05) is 80.1 Å². The van der Waals surface area contributed by atoms with Gasteiger partial charge in [0.2, 0.25) is 27.6 Å². The van der Waals surface area contributed by atoms with E-state index in [-0.39, 0.29) is 41.5 Å². The SMILES string of the molecule is CC1C(C)(C)C1(CN(C)S(C)(=O)=O)NC(=O)N[C@H](C(=O)N1C[C@H]2[C@H](CCC2(C)C)[C@H]1C(=O)NC(CC1CCC1)C(=O)C(N)=O)C1(C)CCCCC1. The zero-order chi connectivity index (χ0) is 37.9. The standard InChI is InChI=1S/C37H62N6O7S/c1-22-35(4,5)37(22,21-42(7)51(8,49)50)41-33(48)40-29(36(6)16-10-9-11-17-36)32(47)43-20-25-24(15-18-34(25,2)3)27(43)31(46)39-26(28(44)30(38)45)19-23-13-12-14-23/h22-27,29H,9-21H2,1-8H3,(H2,38,45)(H,39,46)(H2,40,41,48)/t22?,24-,25-,26?,27-,29+,37?/m0/s1. The molecule has 0 aromatic carbocycles. The van der Waals surface area contributed by atoms with Gasteiger partial charge in [0.05, 0.1) is 17.8 Å². The first-order chi connectivity index (χ1) is 23.6. The summed E-state index contributed by atoms with van der Waals surface area (Å²) in [5.41, 5.74) is 3.44. The molecule has 1 saturated heterocycles. The van der Waals surface area contributed by atoms with Gasteiger partial charge in [-0.15, -0.1) is 0 Å². The van der Waals surface area contributed by atoms with Crippen LogP contribution in [0.4, 0.5) is 4.79 Å². The van der Waals surface area contributed by atoms with E-state index < -0.39 is 68.1 Å². The van der Waals surface area contributed by atoms with Crippen LogP contribution in [-0.2, 0) is 29.2 Å². The summed E-state index contributed by atoms with van der Waals surface area (Å²) in [5.74, 6) is -2.64. The molecule has 5 amide bonds. The average Bonchev–Trinajstić information content (AvgIpc) is 3.34. The van der Waals surface area contributed by atoms with Crippen molar-refractivity contribution in [3.8, 4) is 0 Å². The number of rotatable bonds is 13. The first-order valence-corrected chi connectivity index (χ1v) is 20.8. The number of Topliss-reactive ketones (excluding diaryl/α,β-unsaturated/α-hetero) is 1. The lowest BCUT2D eigenvalue weighted by Gasteiger charge is -2.43. The molecule has 0 radical (unpaired) electrons. The molecule has 1 heterocycles. The monoisotopic (exact) mass is 734 g/mol. The predicted molar refractivity (Wildman–Crippen MR) is 193 cm³/mol. The van der Waals surface area contributed by atoms with E-state index in [0.29, 0.717) is 25.8 Å². The fourth-order valence-corrected chi connectivity index (χ4v) is 10.5. The van der Waals surface area contributed by atoms with Crippen LogP contribution in [0.15, 0.2) is 0 Å². The van der Waals surface area contributed by atoms with Crippen LogP contribution < -0.4 is 21.7 Å². The van der Waals surface area contributed by atoms with Crippen molar-refractivity contribution in [2.24, 2.45) is 45.7 Å². The predicted octanol–water partition coefficient (Wildman–Crippen LogP) is 2.92. The van der Waals surface area contributed by atoms with E-state index in [2.05, 4.69) is 29.8 Å². The Balaban J connectivity index is 1.44. The van der Waals surface area contributed by atoms with E-state index >= 15 is 4.79 Å². The molecule has 1 aliphatic heterocycles. The minimum Gasteiger partial charge on any atom is -0.363 e. The average molecular weight is 735 g/mol. The van der Waals surface area contributed by atoms with Crippen LogP contribution in [-0.4, -0.2) is 97.2 Å². The number of primary amides is 1. The number of likely N-dealkylation sites (tertiary alicyclic amines) is 1. The Bertz CT molecular complexity index is 1520. The number of fused-ring (bicyclic) bond motifs is 1. The summed E-state index contributed by atoms with van der Waals surface area (Å²) in [6.45, 7) is 12.7. The van der Waals surface area contributed by atoms with Crippen LogP contribution in [0.5, 0.6) is 0 Å². The summed E-state index contributed by atoms with van der Waals surface area (Å²) in [7, 11) is -2.02. The topological polar surface area (TPSA) is 188 Å². The van der Waals surface area contributed by atoms with Crippen molar-refractivity contribution in [2.75, 3.05) is 26.4 Å². The molecule has 288 valence electrons. The zero-order valence-corrected chi connectivity index (χ0v) is 32.8. The van der Waals surface area contributed by atoms with E-state index in [1.807, 2.05) is 27.7 Å². The quantitative estimate of drug-likeness (QED) is 0.209. The second-order valence-electron chi connectivity index (χ2n) is 18.2. The van der Waals surface area contributed by atoms with Gasteiger partial charge in [0, 0.05) is 20.1 Å². The lowest BCUT2D eigenvalue weighted by Crippen LogP contribution is -2.63. The Hall–Kier alpha value is -2.74. The Morgan fingerprint density at radius 1 is 0.922 bits per heavy atom. The van der Waals surface area contributed by atoms with Crippen molar-refractivity contribution in [3.63, 3.8) is 0 Å². The van der Waals surface area contributed by atoms with E-state index in [4.69, 9.17) is 5.73 Å². The van der Waals surface area contributed by atoms with Crippen molar-refractivity contribution in [1.29, 1.82) is 0 Å². The molecule has 51 heavy (non-hydrogen) atoms. The number of urea groups is 1. The van der Waals surface area contributed by atoms with E-state index in [1.165, 1.54) is 11.4 Å². The molecule has 5 fully saturated rings. The third-order valence-corrected chi connectivity index (χ3v) is 15.7. The molecule has 5 aliphatic rings. The highest BCUT2D eigenvalue weighted by atomic mass is 32.2. The van der Waals surface area contributed by atoms with Crippen molar-refractivity contribution in [3.05, 3.63) is 0 Å². The largest absolute Gasteiger partial charge is 0.363 e. The number of nitrogens with two attached hydrogens (primary N) is 1. The molecule has 5 N–H and O–H groups in total. The minimum absolute atomic E-state index is 0.0330. The van der Waals surface area contributed by atoms with Crippen molar-refractivity contribution in [1.82, 2.24) is 25.2 Å². The molecule has 5 rings (SSSR count). The second kappa shape index (κ2) is 13.9. The number of carbonyl (C=O) groups is 5. The molecule has 0 aromatic heterocycles. The maximum absolute atomic E-state index is 15.1. The Morgan fingerprint density at radius 3 is 2.04 bits per heavy atom. The summed E-state index contributed by atoms with van der Waals surface area (Å²) >= 11 is 0. The van der Waals surface area contributed by atoms with Crippen LogP contribution in [0.25, 0.3) is 0 Å². The Labute approximate surface area is 304 Å². The van der Waals surface area contributed by atoms with Crippen LogP contribution in [0.3, 0.4) is 0 Å². The van der Waals surface area contributed by atoms with E-state index in [1.54, 1.807) is 4.90 Å². The zero-order valence-electron chi connectivity index (χ0n) is 32.0. The lowest BCUT2D eigenvalue weighted by molar-refractivity contribution is -0.145. The molecule has 0 bridgehead atoms. The van der Waals surface area contributed by atoms with Gasteiger partial charge in [-0.25, -0.2) is 17.5 Å². The Morgan fingerprint density at radius 2 is 1.53 bits per heavy atom. The molecule has 3 unspecified atom stereocenters. The molecule has 13 nitrogen and oxygen atoms in total. The molecular weight excluding hydrogens is 673 g/mol. The van der Waals surface area contributed by atoms with E-state index in [9.17, 15) is 27.6 Å². The van der Waals surface area contributed by atoms with Gasteiger partial charge in [0.15, 0.2) is 0 Å². The van der Waals surface area contributed by atoms with Crippen molar-refractivity contribution < 1.29 is 32.4 Å². The molecule has 4 aliphatic carbocycles. The number of nitrogens with one attached hydrogen (secondary N) is 3. The summed E-state index contributed by atoms with van der Waals surface area (Å²) in [6, 6.07) is -3.42. The van der Waals surface area contributed by atoms with Gasteiger partial charge in [0.1, 0.15) is 12.1 Å². The number of hydrogen-bond donors (Lipinski definition) is 4. The maximum Gasteiger partial charge on any atom is 0.315 e. The second-order valence-corrected chi connectivity index (χ2v) is 20.3. The fraction of sp³-hybridized carbons (Fsp3) is 0.865. The highest BCUT2D eigenvalue weighted by Gasteiger charge is 2.70. The molecular formula is C37H62N6O7S. The Kier molecular flexibility index (Phi) is 10.8. The fourth-order valence-electron chi connectivity index (χ4n) is 10.1. The summed E-state index contributed by atoms with van der Waals surface area (Å²) in [5, 5.41) is 9.08. The minimum atomic E-state index is -3.52. The van der Waals surface area contributed by atoms with Gasteiger partial charge in [0.25, 0.3) is 5.91 Å². The van der Waals surface area contributed by atoms with Crippen LogP contribution in [0.2, 0.25) is 0 Å². The molecule has 4 saturated carbocycles. The van der Waals surface area contributed by atoms with E-state index in [0.717, 1.165) is 57.6 Å². The number of hydrogen-bond acceptors (Lipinski definition) is 7. The summed E-state index contributed by atoms with van der Waals surface area (Å²) in [4.78, 5) is 70.1. The third kappa shape index (κ3) is 7.42. The highest BCUT2D eigenvalue weighted by Crippen LogP contribution is 2.61. The van der Waals surface area contributed by atoms with Gasteiger partial charge >= 0.3 is 6.03 Å². The molecule has 0 spiro atoms. The number of amides is 5. The molecule has 7 atom stereocenters. The smallest absolute Gasteiger partial charge is 0.315 e. The highest BCUT2D eigenvalue weighted by molar-refractivity contribution is 7.88. The third-order valence-electron chi connectivity index (χ3n) is 14.5. The number of ketones is 1. The molecule has 14 heteroatoms. The maximum atomic E-state index is 15.1. The van der Waals surface area contributed by atoms with Crippen LogP contribution in [0, 0.1) is 39.9 Å². The summed E-state index contributed by atoms with van der Waals surface area (Å²) in [6.07, 6.45) is 10.2. The van der Waals surface area contributed by atoms with Gasteiger partial charge < -0.3 is 26.6 Å². The first kappa shape index (κ1) is 39.5. The number of sulfonamides is 1. The molecule has 0 aromatic rings. The normalized spacial score (nSPS) is 31.9. The number of carbonyl (C=O) groups excluding carboxylic acids is 5. The first-order valence-electron chi connectivity index (χ1n) is 19.0. The van der Waals surface area contributed by atoms with Crippen LogP contribution >= 0.6 is 0 Å². The summed E-state index contributed by atoms with van der Waals surface area (Å²) < 4.78 is 26.0. The van der Waals surface area contributed by atoms with Crippen LogP contribution in [0.1, 0.15) is 112 Å². The van der Waals surface area contributed by atoms with Gasteiger partial charge in [-0.3, -0.25) is 19.2 Å². The lowest BCUT2D eigenvalue weighted by atomic mass is 9.70. The van der Waals surface area contributed by atoms with Gasteiger partial charge in [-0.05, 0) is 72.0 Å². The van der Waals surface area contributed by atoms with Gasteiger partial charge in [-0.2, -0.15) is 0 Å².